The lowest BCUT2D eigenvalue weighted by Gasteiger charge is -2.13. The van der Waals surface area contributed by atoms with Crippen LogP contribution in [0.15, 0.2) is 48.9 Å². The Balaban J connectivity index is 1.68. The van der Waals surface area contributed by atoms with Gasteiger partial charge in [0.05, 0.1) is 6.10 Å². The lowest BCUT2D eigenvalue weighted by molar-refractivity contribution is 0.190. The molecule has 118 valence electrons. The van der Waals surface area contributed by atoms with Crippen LogP contribution in [0.3, 0.4) is 0 Å². The zero-order valence-corrected chi connectivity index (χ0v) is 11.9. The highest BCUT2D eigenvalue weighted by atomic mass is 19.2. The van der Waals surface area contributed by atoms with Gasteiger partial charge in [0.1, 0.15) is 0 Å². The van der Waals surface area contributed by atoms with Gasteiger partial charge in [-0.3, -0.25) is 0 Å². The molecule has 1 unspecified atom stereocenters. The third-order valence-electron chi connectivity index (χ3n) is 3.16. The number of anilines is 1. The Bertz CT molecular complexity index is 794. The van der Waals surface area contributed by atoms with Crippen LogP contribution in [0.1, 0.15) is 11.7 Å². The standard InChI is InChI=1S/C15H13F2N5O/c16-11-3-2-10(8-12(11)17)13(23)9-19-15-18-6-4-14(21-15)22-7-1-5-20-22/h1-8,13,23H,9H2,(H,18,19,21). The van der Waals surface area contributed by atoms with Crippen molar-refractivity contribution in [3.05, 3.63) is 66.1 Å². The molecule has 0 fully saturated rings. The van der Waals surface area contributed by atoms with Gasteiger partial charge in [-0.05, 0) is 23.8 Å². The van der Waals surface area contributed by atoms with Crippen LogP contribution in [0.2, 0.25) is 0 Å². The minimum Gasteiger partial charge on any atom is -0.387 e. The number of hydrogen-bond donors (Lipinski definition) is 2. The summed E-state index contributed by atoms with van der Waals surface area (Å²) in [5.74, 6) is -1.10. The number of nitrogens with zero attached hydrogens (tertiary/aromatic N) is 4. The Kier molecular flexibility index (Phi) is 4.24. The van der Waals surface area contributed by atoms with E-state index < -0.39 is 17.7 Å². The summed E-state index contributed by atoms with van der Waals surface area (Å²) in [7, 11) is 0. The maximum Gasteiger partial charge on any atom is 0.224 e. The van der Waals surface area contributed by atoms with E-state index in [1.165, 1.54) is 6.07 Å². The molecular formula is C15H13F2N5O. The average molecular weight is 317 g/mol. The number of nitrogens with one attached hydrogen (secondary N) is 1. The average Bonchev–Trinajstić information content (AvgIpc) is 3.10. The molecule has 0 aliphatic heterocycles. The van der Waals surface area contributed by atoms with Crippen LogP contribution in [0.4, 0.5) is 14.7 Å². The SMILES string of the molecule is OC(CNc1nccc(-n2cccn2)n1)c1ccc(F)c(F)c1. The molecule has 0 saturated carbocycles. The van der Waals surface area contributed by atoms with Crippen molar-refractivity contribution >= 4 is 5.95 Å². The number of aliphatic hydroxyl groups excluding tert-OH is 1. The van der Waals surface area contributed by atoms with Crippen molar-refractivity contribution in [3.63, 3.8) is 0 Å². The zero-order chi connectivity index (χ0) is 16.2. The smallest absolute Gasteiger partial charge is 0.224 e. The summed E-state index contributed by atoms with van der Waals surface area (Å²) in [6, 6.07) is 6.71. The van der Waals surface area contributed by atoms with Gasteiger partial charge in [-0.2, -0.15) is 10.1 Å². The molecule has 3 aromatic rings. The summed E-state index contributed by atoms with van der Waals surface area (Å²) in [6.45, 7) is 0.0492. The van der Waals surface area contributed by atoms with Crippen LogP contribution in [-0.4, -0.2) is 31.4 Å². The molecule has 0 radical (unpaired) electrons. The third-order valence-corrected chi connectivity index (χ3v) is 3.16. The lowest BCUT2D eigenvalue weighted by atomic mass is 10.1. The maximum atomic E-state index is 13.2. The molecule has 6 nitrogen and oxygen atoms in total. The van der Waals surface area contributed by atoms with E-state index >= 15 is 0 Å². The van der Waals surface area contributed by atoms with E-state index in [0.29, 0.717) is 11.8 Å². The van der Waals surface area contributed by atoms with Crippen molar-refractivity contribution in [2.75, 3.05) is 11.9 Å². The molecule has 0 aliphatic rings. The number of rotatable bonds is 5. The summed E-state index contributed by atoms with van der Waals surface area (Å²) < 4.78 is 27.6. The van der Waals surface area contributed by atoms with E-state index in [1.54, 1.807) is 35.4 Å². The van der Waals surface area contributed by atoms with Crippen molar-refractivity contribution in [1.82, 2.24) is 19.7 Å². The second-order valence-corrected chi connectivity index (χ2v) is 4.76. The third kappa shape index (κ3) is 3.49. The van der Waals surface area contributed by atoms with Gasteiger partial charge in [-0.1, -0.05) is 6.07 Å². The second-order valence-electron chi connectivity index (χ2n) is 4.76. The number of halogens is 2. The topological polar surface area (TPSA) is 75.9 Å². The van der Waals surface area contributed by atoms with E-state index in [4.69, 9.17) is 0 Å². The summed E-state index contributed by atoms with van der Waals surface area (Å²) in [6.07, 6.45) is 3.89. The maximum absolute atomic E-state index is 13.2. The highest BCUT2D eigenvalue weighted by molar-refractivity contribution is 5.32. The first-order chi connectivity index (χ1) is 11.1. The molecule has 0 saturated heterocycles. The normalized spacial score (nSPS) is 12.1. The van der Waals surface area contributed by atoms with Crippen molar-refractivity contribution in [3.8, 4) is 5.82 Å². The van der Waals surface area contributed by atoms with Crippen LogP contribution in [-0.2, 0) is 0 Å². The number of aliphatic hydroxyl groups is 1. The van der Waals surface area contributed by atoms with Crippen molar-refractivity contribution in [2.24, 2.45) is 0 Å². The van der Waals surface area contributed by atoms with Crippen LogP contribution >= 0.6 is 0 Å². The largest absolute Gasteiger partial charge is 0.387 e. The van der Waals surface area contributed by atoms with E-state index in [0.717, 1.165) is 12.1 Å². The Morgan fingerprint density at radius 2 is 2.04 bits per heavy atom. The summed E-state index contributed by atoms with van der Waals surface area (Å²) >= 11 is 0. The molecule has 0 amide bonds. The van der Waals surface area contributed by atoms with E-state index in [2.05, 4.69) is 20.4 Å². The molecule has 23 heavy (non-hydrogen) atoms. The van der Waals surface area contributed by atoms with Gasteiger partial charge in [-0.25, -0.2) is 18.4 Å². The molecule has 0 aliphatic carbocycles. The fourth-order valence-corrected chi connectivity index (χ4v) is 1.99. The molecule has 2 N–H and O–H groups in total. The Hall–Kier alpha value is -2.87. The molecule has 1 atom stereocenters. The first-order valence-corrected chi connectivity index (χ1v) is 6.83. The van der Waals surface area contributed by atoms with Crippen LogP contribution in [0.25, 0.3) is 5.82 Å². The van der Waals surface area contributed by atoms with E-state index in [1.807, 2.05) is 0 Å². The van der Waals surface area contributed by atoms with Gasteiger partial charge in [-0.15, -0.1) is 0 Å². The van der Waals surface area contributed by atoms with E-state index in [-0.39, 0.29) is 12.1 Å². The molecular weight excluding hydrogens is 304 g/mol. The van der Waals surface area contributed by atoms with Gasteiger partial charge in [0.2, 0.25) is 5.95 Å². The van der Waals surface area contributed by atoms with Gasteiger partial charge < -0.3 is 10.4 Å². The fourth-order valence-electron chi connectivity index (χ4n) is 1.99. The van der Waals surface area contributed by atoms with Crippen LogP contribution in [0.5, 0.6) is 0 Å². The summed E-state index contributed by atoms with van der Waals surface area (Å²) in [5, 5.41) is 16.9. The minimum absolute atomic E-state index is 0.0492. The van der Waals surface area contributed by atoms with Gasteiger partial charge in [0.15, 0.2) is 17.5 Å². The first kappa shape index (κ1) is 15.0. The number of hydrogen-bond acceptors (Lipinski definition) is 5. The monoisotopic (exact) mass is 317 g/mol. The molecule has 2 heterocycles. The van der Waals surface area contributed by atoms with Crippen LogP contribution in [0, 0.1) is 11.6 Å². The summed E-state index contributed by atoms with van der Waals surface area (Å²) in [4.78, 5) is 8.28. The fraction of sp³-hybridized carbons (Fsp3) is 0.133. The summed E-state index contributed by atoms with van der Waals surface area (Å²) in [5.41, 5.74) is 0.264. The molecule has 0 spiro atoms. The first-order valence-electron chi connectivity index (χ1n) is 6.83. The van der Waals surface area contributed by atoms with E-state index in [9.17, 15) is 13.9 Å². The van der Waals surface area contributed by atoms with Crippen molar-refractivity contribution in [2.45, 2.75) is 6.10 Å². The van der Waals surface area contributed by atoms with Gasteiger partial charge in [0, 0.05) is 31.2 Å². The molecule has 1 aromatic carbocycles. The minimum atomic E-state index is -1.03. The Morgan fingerprint density at radius 1 is 1.17 bits per heavy atom. The predicted octanol–water partition coefficient (Wildman–Crippen LogP) is 2.09. The van der Waals surface area contributed by atoms with Crippen LogP contribution < -0.4 is 5.32 Å². The number of aromatic nitrogens is 4. The van der Waals surface area contributed by atoms with Crippen molar-refractivity contribution in [1.29, 1.82) is 0 Å². The lowest BCUT2D eigenvalue weighted by Crippen LogP contribution is -2.15. The van der Waals surface area contributed by atoms with Gasteiger partial charge in [0.25, 0.3) is 0 Å². The van der Waals surface area contributed by atoms with Gasteiger partial charge >= 0.3 is 0 Å². The highest BCUT2D eigenvalue weighted by Crippen LogP contribution is 2.16. The second kappa shape index (κ2) is 6.49. The molecule has 8 heteroatoms. The Labute approximate surface area is 130 Å². The zero-order valence-electron chi connectivity index (χ0n) is 11.9. The van der Waals surface area contributed by atoms with Crippen molar-refractivity contribution < 1.29 is 13.9 Å². The Morgan fingerprint density at radius 3 is 2.78 bits per heavy atom. The molecule has 0 bridgehead atoms. The number of benzene rings is 1. The predicted molar refractivity (Wildman–Crippen MR) is 79.0 cm³/mol. The highest BCUT2D eigenvalue weighted by Gasteiger charge is 2.11. The molecule has 3 rings (SSSR count). The molecule has 2 aromatic heterocycles. The quantitative estimate of drug-likeness (QED) is 0.753.